The van der Waals surface area contributed by atoms with E-state index in [1.165, 1.54) is 0 Å². The Labute approximate surface area is 77.1 Å². The van der Waals surface area contributed by atoms with Crippen LogP contribution in [-0.4, -0.2) is 6.08 Å². The molecule has 0 aliphatic heterocycles. The normalized spacial score (nSPS) is 12.2. The molecule has 1 unspecified atom stereocenters. The van der Waals surface area contributed by atoms with E-state index in [1.54, 1.807) is 17.4 Å². The van der Waals surface area contributed by atoms with Crippen molar-refractivity contribution in [3.8, 4) is 0 Å². The van der Waals surface area contributed by atoms with Crippen molar-refractivity contribution in [2.75, 3.05) is 0 Å². The molecule has 0 N–H and O–H groups in total. The Morgan fingerprint density at radius 2 is 2.55 bits per heavy atom. The van der Waals surface area contributed by atoms with Gasteiger partial charge in [0.15, 0.2) is 0 Å². The van der Waals surface area contributed by atoms with Crippen LogP contribution in [0.4, 0.5) is 0 Å². The number of hydrogen-bond acceptors (Lipinski definition) is 3. The number of nitrogens with zero attached hydrogens (tertiary/aromatic N) is 1. The van der Waals surface area contributed by atoms with Crippen LogP contribution in [0, 0.1) is 0 Å². The fourth-order valence-corrected chi connectivity index (χ4v) is 2.44. The topological polar surface area (TPSA) is 29.4 Å². The first-order valence-corrected chi connectivity index (χ1v) is 4.73. The lowest BCUT2D eigenvalue weighted by atomic mass is 10.3. The molecule has 0 saturated carbocycles. The van der Waals surface area contributed by atoms with Crippen LogP contribution in [0.3, 0.4) is 0 Å². The maximum Gasteiger partial charge on any atom is 0.235 e. The molecule has 0 bridgehead atoms. The van der Waals surface area contributed by atoms with Gasteiger partial charge >= 0.3 is 0 Å². The molecule has 2 nitrogen and oxygen atoms in total. The lowest BCUT2D eigenvalue weighted by Gasteiger charge is -1.99. The van der Waals surface area contributed by atoms with Gasteiger partial charge in [0.25, 0.3) is 0 Å². The van der Waals surface area contributed by atoms with Gasteiger partial charge in [-0.1, -0.05) is 0 Å². The SMILES string of the molecule is CC(N=C=O)c1sccc1Br. The Kier molecular flexibility index (Phi) is 3.00. The maximum atomic E-state index is 9.92. The lowest BCUT2D eigenvalue weighted by molar-refractivity contribution is 0.560. The number of aliphatic imine (C=N–C) groups is 1. The van der Waals surface area contributed by atoms with Gasteiger partial charge < -0.3 is 0 Å². The Morgan fingerprint density at radius 1 is 1.82 bits per heavy atom. The Morgan fingerprint density at radius 3 is 3.00 bits per heavy atom. The van der Waals surface area contributed by atoms with Gasteiger partial charge in [-0.3, -0.25) is 0 Å². The van der Waals surface area contributed by atoms with E-state index in [-0.39, 0.29) is 6.04 Å². The largest absolute Gasteiger partial charge is 0.235 e. The molecule has 0 amide bonds. The summed E-state index contributed by atoms with van der Waals surface area (Å²) < 4.78 is 1.01. The van der Waals surface area contributed by atoms with E-state index in [1.807, 2.05) is 18.4 Å². The molecule has 0 saturated heterocycles. The van der Waals surface area contributed by atoms with Crippen LogP contribution in [-0.2, 0) is 4.79 Å². The smallest absolute Gasteiger partial charge is 0.211 e. The molecule has 4 heteroatoms. The molecule has 0 aromatic carbocycles. The predicted octanol–water partition coefficient (Wildman–Crippen LogP) is 2.91. The molecule has 0 aliphatic carbocycles. The van der Waals surface area contributed by atoms with E-state index in [0.29, 0.717) is 0 Å². The average Bonchev–Trinajstić information content (AvgIpc) is 2.36. The molecular formula is C7H6BrNOS. The number of hydrogen-bond donors (Lipinski definition) is 0. The number of isocyanates is 1. The molecule has 1 aromatic heterocycles. The highest BCUT2D eigenvalue weighted by molar-refractivity contribution is 9.10. The van der Waals surface area contributed by atoms with E-state index in [0.717, 1.165) is 9.35 Å². The summed E-state index contributed by atoms with van der Waals surface area (Å²) in [6.07, 6.45) is 1.54. The minimum Gasteiger partial charge on any atom is -0.211 e. The van der Waals surface area contributed by atoms with Gasteiger partial charge in [-0.2, -0.15) is 4.99 Å². The monoisotopic (exact) mass is 231 g/mol. The van der Waals surface area contributed by atoms with E-state index in [9.17, 15) is 4.79 Å². The predicted molar refractivity (Wildman–Crippen MR) is 48.6 cm³/mol. The van der Waals surface area contributed by atoms with Crippen LogP contribution in [0.2, 0.25) is 0 Å². The third kappa shape index (κ3) is 1.99. The molecular weight excluding hydrogens is 226 g/mol. The lowest BCUT2D eigenvalue weighted by Crippen LogP contribution is -1.84. The molecule has 11 heavy (non-hydrogen) atoms. The molecule has 0 spiro atoms. The van der Waals surface area contributed by atoms with Crippen molar-refractivity contribution >= 4 is 33.3 Å². The van der Waals surface area contributed by atoms with Gasteiger partial charge in [0.05, 0.1) is 6.04 Å². The summed E-state index contributed by atoms with van der Waals surface area (Å²) in [5, 5.41) is 1.95. The van der Waals surface area contributed by atoms with E-state index in [2.05, 4.69) is 20.9 Å². The van der Waals surface area contributed by atoms with Crippen LogP contribution in [0.1, 0.15) is 17.8 Å². The molecule has 0 radical (unpaired) electrons. The fraction of sp³-hybridized carbons (Fsp3) is 0.286. The maximum absolute atomic E-state index is 9.92. The average molecular weight is 232 g/mol. The summed E-state index contributed by atoms with van der Waals surface area (Å²) in [7, 11) is 0. The second-order valence-corrected chi connectivity index (χ2v) is 3.83. The highest BCUT2D eigenvalue weighted by Crippen LogP contribution is 2.30. The molecule has 1 rings (SSSR count). The zero-order valence-electron chi connectivity index (χ0n) is 5.87. The standard InChI is InChI=1S/C7H6BrNOS/c1-5(9-4-10)7-6(8)2-3-11-7/h2-3,5H,1H3. The fourth-order valence-electron chi connectivity index (χ4n) is 0.741. The molecule has 1 aromatic rings. The van der Waals surface area contributed by atoms with Gasteiger partial charge in [-0.25, -0.2) is 4.79 Å². The summed E-state index contributed by atoms with van der Waals surface area (Å²) in [6.45, 7) is 1.86. The van der Waals surface area contributed by atoms with Crippen LogP contribution in [0.25, 0.3) is 0 Å². The summed E-state index contributed by atoms with van der Waals surface area (Å²) >= 11 is 4.94. The van der Waals surface area contributed by atoms with Crippen molar-refractivity contribution in [3.63, 3.8) is 0 Å². The van der Waals surface area contributed by atoms with Crippen molar-refractivity contribution < 1.29 is 4.79 Å². The second kappa shape index (κ2) is 3.81. The van der Waals surface area contributed by atoms with Crippen molar-refractivity contribution in [3.05, 3.63) is 20.8 Å². The van der Waals surface area contributed by atoms with Gasteiger partial charge in [0.2, 0.25) is 6.08 Å². The molecule has 58 valence electrons. The summed E-state index contributed by atoms with van der Waals surface area (Å²) in [6, 6.07) is 1.86. The van der Waals surface area contributed by atoms with Gasteiger partial charge in [-0.15, -0.1) is 11.3 Å². The summed E-state index contributed by atoms with van der Waals surface area (Å²) in [5.74, 6) is 0. The Bertz CT molecular complexity index is 290. The number of thiophene rings is 1. The minimum absolute atomic E-state index is 0.0816. The number of rotatable bonds is 2. The third-order valence-corrected chi connectivity index (χ3v) is 3.31. The van der Waals surface area contributed by atoms with E-state index >= 15 is 0 Å². The number of halogens is 1. The Balaban J connectivity index is 2.92. The molecule has 0 aliphatic rings. The Hall–Kier alpha value is -0.440. The summed E-state index contributed by atoms with van der Waals surface area (Å²) in [4.78, 5) is 14.6. The van der Waals surface area contributed by atoms with Gasteiger partial charge in [-0.05, 0) is 34.3 Å². The van der Waals surface area contributed by atoms with Crippen molar-refractivity contribution in [2.24, 2.45) is 4.99 Å². The van der Waals surface area contributed by atoms with Crippen LogP contribution in [0.5, 0.6) is 0 Å². The van der Waals surface area contributed by atoms with Crippen molar-refractivity contribution in [2.45, 2.75) is 13.0 Å². The zero-order valence-corrected chi connectivity index (χ0v) is 8.28. The van der Waals surface area contributed by atoms with Crippen molar-refractivity contribution in [1.29, 1.82) is 0 Å². The first-order valence-electron chi connectivity index (χ1n) is 3.05. The van der Waals surface area contributed by atoms with Crippen LogP contribution in [0.15, 0.2) is 20.9 Å². The molecule has 0 fully saturated rings. The highest BCUT2D eigenvalue weighted by atomic mass is 79.9. The third-order valence-electron chi connectivity index (χ3n) is 1.27. The highest BCUT2D eigenvalue weighted by Gasteiger charge is 2.08. The van der Waals surface area contributed by atoms with Gasteiger partial charge in [0, 0.05) is 9.35 Å². The van der Waals surface area contributed by atoms with Crippen molar-refractivity contribution in [1.82, 2.24) is 0 Å². The quantitative estimate of drug-likeness (QED) is 0.569. The van der Waals surface area contributed by atoms with E-state index in [4.69, 9.17) is 0 Å². The molecule has 1 atom stereocenters. The minimum atomic E-state index is -0.0816. The first-order chi connectivity index (χ1) is 5.25. The number of carbonyl (C=O) groups excluding carboxylic acids is 1. The first kappa shape index (κ1) is 8.65. The second-order valence-electron chi connectivity index (χ2n) is 2.03. The van der Waals surface area contributed by atoms with Crippen LogP contribution < -0.4 is 0 Å². The summed E-state index contributed by atoms with van der Waals surface area (Å²) in [5.41, 5.74) is 0. The van der Waals surface area contributed by atoms with Gasteiger partial charge in [0.1, 0.15) is 0 Å². The zero-order chi connectivity index (χ0) is 8.27. The molecule has 1 heterocycles. The van der Waals surface area contributed by atoms with Crippen LogP contribution >= 0.6 is 27.3 Å². The van der Waals surface area contributed by atoms with E-state index < -0.39 is 0 Å².